The molecule has 0 saturated carbocycles. The molecule has 1 fully saturated rings. The van der Waals surface area contributed by atoms with Crippen molar-refractivity contribution < 1.29 is 22.7 Å². The van der Waals surface area contributed by atoms with Gasteiger partial charge in [0.15, 0.2) is 0 Å². The van der Waals surface area contributed by atoms with E-state index in [0.717, 1.165) is 18.7 Å². The Bertz CT molecular complexity index is 534. The summed E-state index contributed by atoms with van der Waals surface area (Å²) in [7, 11) is 0. The standard InChI is InChI=1S/C15H20F3N3O2/c1-2-3-12(19)14(22)21-7-6-11(9-21)23-13-5-4-10(8-20-13)15(16,17)18/h4-5,8,11-12H,2-3,6-7,9,19H2,1H3. The van der Waals surface area contributed by atoms with Crippen LogP contribution < -0.4 is 10.5 Å². The molecule has 2 unspecified atom stereocenters. The minimum Gasteiger partial charge on any atom is -0.472 e. The smallest absolute Gasteiger partial charge is 0.417 e. The molecule has 23 heavy (non-hydrogen) atoms. The number of hydrogen-bond donors (Lipinski definition) is 1. The van der Waals surface area contributed by atoms with E-state index in [1.54, 1.807) is 4.90 Å². The first-order chi connectivity index (χ1) is 10.8. The summed E-state index contributed by atoms with van der Waals surface area (Å²) in [6, 6.07) is 1.61. The summed E-state index contributed by atoms with van der Waals surface area (Å²) in [5, 5.41) is 0. The fourth-order valence-electron chi connectivity index (χ4n) is 2.48. The van der Waals surface area contributed by atoms with E-state index in [-0.39, 0.29) is 17.9 Å². The normalized spacial score (nSPS) is 19.7. The number of carbonyl (C=O) groups is 1. The Labute approximate surface area is 132 Å². The average Bonchev–Trinajstić information content (AvgIpc) is 2.95. The van der Waals surface area contributed by atoms with Crippen molar-refractivity contribution in [3.63, 3.8) is 0 Å². The van der Waals surface area contributed by atoms with Gasteiger partial charge in [-0.2, -0.15) is 13.2 Å². The number of aromatic nitrogens is 1. The zero-order valence-electron chi connectivity index (χ0n) is 12.8. The molecular formula is C15H20F3N3O2. The lowest BCUT2D eigenvalue weighted by Gasteiger charge is -2.20. The van der Waals surface area contributed by atoms with Gasteiger partial charge in [0.25, 0.3) is 0 Å². The summed E-state index contributed by atoms with van der Waals surface area (Å²) < 4.78 is 42.9. The van der Waals surface area contributed by atoms with E-state index in [0.29, 0.717) is 25.9 Å². The van der Waals surface area contributed by atoms with Crippen LogP contribution >= 0.6 is 0 Å². The number of carbonyl (C=O) groups excluding carboxylic acids is 1. The van der Waals surface area contributed by atoms with Crippen LogP contribution in [0.3, 0.4) is 0 Å². The lowest BCUT2D eigenvalue weighted by Crippen LogP contribution is -2.43. The molecule has 1 saturated heterocycles. The van der Waals surface area contributed by atoms with Crippen molar-refractivity contribution in [3.05, 3.63) is 23.9 Å². The lowest BCUT2D eigenvalue weighted by atomic mass is 10.1. The molecule has 0 aliphatic carbocycles. The summed E-state index contributed by atoms with van der Waals surface area (Å²) in [6.07, 6.45) is -1.90. The zero-order chi connectivity index (χ0) is 17.0. The number of rotatable bonds is 5. The first-order valence-electron chi connectivity index (χ1n) is 7.55. The van der Waals surface area contributed by atoms with Crippen LogP contribution in [0.2, 0.25) is 0 Å². The highest BCUT2D eigenvalue weighted by Crippen LogP contribution is 2.29. The Morgan fingerprint density at radius 1 is 1.52 bits per heavy atom. The SMILES string of the molecule is CCCC(N)C(=O)N1CCC(Oc2ccc(C(F)(F)F)cn2)C1. The molecule has 2 rings (SSSR count). The van der Waals surface area contributed by atoms with Gasteiger partial charge in [-0.1, -0.05) is 13.3 Å². The van der Waals surface area contributed by atoms with Crippen LogP contribution in [0.4, 0.5) is 13.2 Å². The summed E-state index contributed by atoms with van der Waals surface area (Å²) in [4.78, 5) is 17.4. The second kappa shape index (κ2) is 7.16. The third-order valence-corrected chi connectivity index (χ3v) is 3.72. The van der Waals surface area contributed by atoms with Crippen LogP contribution in [0.15, 0.2) is 18.3 Å². The van der Waals surface area contributed by atoms with Crippen molar-refractivity contribution in [2.24, 2.45) is 5.73 Å². The van der Waals surface area contributed by atoms with Gasteiger partial charge in [-0.05, 0) is 12.5 Å². The molecule has 1 aromatic rings. The van der Waals surface area contributed by atoms with E-state index in [9.17, 15) is 18.0 Å². The first kappa shape index (κ1) is 17.5. The van der Waals surface area contributed by atoms with Gasteiger partial charge in [0.2, 0.25) is 11.8 Å². The van der Waals surface area contributed by atoms with E-state index >= 15 is 0 Å². The van der Waals surface area contributed by atoms with Crippen LogP contribution in [0, 0.1) is 0 Å². The van der Waals surface area contributed by atoms with Gasteiger partial charge in [0, 0.05) is 25.2 Å². The zero-order valence-corrected chi connectivity index (χ0v) is 12.8. The van der Waals surface area contributed by atoms with Crippen LogP contribution in [0.5, 0.6) is 5.88 Å². The summed E-state index contributed by atoms with van der Waals surface area (Å²) in [5.41, 5.74) is 4.99. The van der Waals surface area contributed by atoms with E-state index < -0.39 is 17.8 Å². The van der Waals surface area contributed by atoms with Crippen LogP contribution in [-0.4, -0.2) is 41.0 Å². The maximum absolute atomic E-state index is 12.5. The van der Waals surface area contributed by atoms with Crippen molar-refractivity contribution >= 4 is 5.91 Å². The molecule has 0 radical (unpaired) electrons. The number of amides is 1. The topological polar surface area (TPSA) is 68.5 Å². The van der Waals surface area contributed by atoms with Crippen molar-refractivity contribution in [2.45, 2.75) is 44.5 Å². The molecule has 5 nitrogen and oxygen atoms in total. The van der Waals surface area contributed by atoms with E-state index in [1.165, 1.54) is 6.07 Å². The van der Waals surface area contributed by atoms with E-state index in [2.05, 4.69) is 4.98 Å². The third kappa shape index (κ3) is 4.57. The fourth-order valence-corrected chi connectivity index (χ4v) is 2.48. The quantitative estimate of drug-likeness (QED) is 0.898. The molecule has 0 bridgehead atoms. The number of nitrogens with two attached hydrogens (primary N) is 1. The maximum Gasteiger partial charge on any atom is 0.417 e. The summed E-state index contributed by atoms with van der Waals surface area (Å²) in [5.74, 6) is 0.00786. The van der Waals surface area contributed by atoms with Crippen molar-refractivity contribution in [3.8, 4) is 5.88 Å². The van der Waals surface area contributed by atoms with Gasteiger partial charge in [-0.15, -0.1) is 0 Å². The Kier molecular flexibility index (Phi) is 5.46. The first-order valence-corrected chi connectivity index (χ1v) is 7.55. The van der Waals surface area contributed by atoms with Gasteiger partial charge in [-0.3, -0.25) is 4.79 Å². The molecule has 2 heterocycles. The molecule has 1 aliphatic rings. The van der Waals surface area contributed by atoms with E-state index in [1.807, 2.05) is 6.92 Å². The highest BCUT2D eigenvalue weighted by molar-refractivity contribution is 5.81. The monoisotopic (exact) mass is 331 g/mol. The van der Waals surface area contributed by atoms with Crippen molar-refractivity contribution in [2.75, 3.05) is 13.1 Å². The van der Waals surface area contributed by atoms with E-state index in [4.69, 9.17) is 10.5 Å². The molecule has 1 aliphatic heterocycles. The predicted molar refractivity (Wildman–Crippen MR) is 77.7 cm³/mol. The highest BCUT2D eigenvalue weighted by atomic mass is 19.4. The van der Waals surface area contributed by atoms with Gasteiger partial charge >= 0.3 is 6.18 Å². The molecule has 0 spiro atoms. The number of pyridine rings is 1. The van der Waals surface area contributed by atoms with Crippen molar-refractivity contribution in [1.82, 2.24) is 9.88 Å². The van der Waals surface area contributed by atoms with Crippen LogP contribution in [0.1, 0.15) is 31.7 Å². The molecule has 8 heteroatoms. The molecule has 2 atom stereocenters. The Hall–Kier alpha value is -1.83. The number of nitrogens with zero attached hydrogens (tertiary/aromatic N) is 2. The van der Waals surface area contributed by atoms with Crippen LogP contribution in [-0.2, 0) is 11.0 Å². The number of ether oxygens (including phenoxy) is 1. The molecular weight excluding hydrogens is 311 g/mol. The minimum absolute atomic E-state index is 0.113. The Morgan fingerprint density at radius 2 is 2.26 bits per heavy atom. The fraction of sp³-hybridized carbons (Fsp3) is 0.600. The minimum atomic E-state index is -4.42. The summed E-state index contributed by atoms with van der Waals surface area (Å²) >= 11 is 0. The van der Waals surface area contributed by atoms with Crippen LogP contribution in [0.25, 0.3) is 0 Å². The molecule has 1 amide bonds. The summed E-state index contributed by atoms with van der Waals surface area (Å²) in [6.45, 7) is 2.86. The molecule has 2 N–H and O–H groups in total. The number of likely N-dealkylation sites (tertiary alicyclic amines) is 1. The average molecular weight is 331 g/mol. The van der Waals surface area contributed by atoms with Gasteiger partial charge in [0.05, 0.1) is 18.2 Å². The van der Waals surface area contributed by atoms with Gasteiger partial charge in [-0.25, -0.2) is 4.98 Å². The van der Waals surface area contributed by atoms with Crippen molar-refractivity contribution in [1.29, 1.82) is 0 Å². The molecule has 128 valence electrons. The predicted octanol–water partition coefficient (Wildman–Crippen LogP) is 2.21. The molecule has 0 aromatic carbocycles. The van der Waals surface area contributed by atoms with Gasteiger partial charge < -0.3 is 15.4 Å². The number of hydrogen-bond acceptors (Lipinski definition) is 4. The maximum atomic E-state index is 12.5. The van der Waals surface area contributed by atoms with Gasteiger partial charge in [0.1, 0.15) is 6.10 Å². The number of halogens is 3. The number of alkyl halides is 3. The Morgan fingerprint density at radius 3 is 2.83 bits per heavy atom. The second-order valence-corrected chi connectivity index (χ2v) is 5.59. The largest absolute Gasteiger partial charge is 0.472 e. The highest BCUT2D eigenvalue weighted by Gasteiger charge is 2.32. The third-order valence-electron chi connectivity index (χ3n) is 3.72. The molecule has 1 aromatic heterocycles. The second-order valence-electron chi connectivity index (χ2n) is 5.59. The lowest BCUT2D eigenvalue weighted by molar-refractivity contribution is -0.138. The Balaban J connectivity index is 1.89.